The fourth-order valence-electron chi connectivity index (χ4n) is 2.93. The molecule has 6 heteroatoms. The molecule has 1 aliphatic rings. The first-order valence-corrected chi connectivity index (χ1v) is 9.60. The lowest BCUT2D eigenvalue weighted by Gasteiger charge is -2.26. The number of carbonyl (C=O) groups is 2. The van der Waals surface area contributed by atoms with E-state index in [0.717, 1.165) is 36.1 Å². The largest absolute Gasteiger partial charge is 0.376 e. The minimum absolute atomic E-state index is 0.0690. The van der Waals surface area contributed by atoms with Gasteiger partial charge in [-0.15, -0.1) is 0 Å². The van der Waals surface area contributed by atoms with Gasteiger partial charge in [-0.3, -0.25) is 9.59 Å². The molecule has 0 aromatic heterocycles. The van der Waals surface area contributed by atoms with Crippen LogP contribution in [0, 0.1) is 0 Å². The van der Waals surface area contributed by atoms with Gasteiger partial charge in [0.2, 0.25) is 5.91 Å². The highest BCUT2D eigenvalue weighted by atomic mass is 79.9. The number of nitrogens with one attached hydrogen (secondary N) is 2. The van der Waals surface area contributed by atoms with Crippen molar-refractivity contribution in [1.82, 2.24) is 4.90 Å². The van der Waals surface area contributed by atoms with Crippen LogP contribution in [0.2, 0.25) is 0 Å². The van der Waals surface area contributed by atoms with Gasteiger partial charge in [-0.1, -0.05) is 15.9 Å². The van der Waals surface area contributed by atoms with Gasteiger partial charge >= 0.3 is 0 Å². The van der Waals surface area contributed by atoms with Crippen molar-refractivity contribution in [3.63, 3.8) is 0 Å². The van der Waals surface area contributed by atoms with Crippen LogP contribution in [0.1, 0.15) is 29.6 Å². The molecule has 0 bridgehead atoms. The second kappa shape index (κ2) is 8.85. The van der Waals surface area contributed by atoms with Crippen molar-refractivity contribution >= 4 is 39.1 Å². The summed E-state index contributed by atoms with van der Waals surface area (Å²) < 4.78 is 0.992. The SMILES string of the molecule is O=C(CNc1ccc(Br)cc1)Nc1ccc(C(=O)N2CCCCC2)cc1. The average Bonchev–Trinajstić information content (AvgIpc) is 2.68. The summed E-state index contributed by atoms with van der Waals surface area (Å²) in [4.78, 5) is 26.4. The van der Waals surface area contributed by atoms with Gasteiger partial charge in [-0.05, 0) is 67.8 Å². The van der Waals surface area contributed by atoms with Gasteiger partial charge in [0, 0.05) is 34.5 Å². The van der Waals surface area contributed by atoms with Crippen LogP contribution in [0.5, 0.6) is 0 Å². The highest BCUT2D eigenvalue weighted by Gasteiger charge is 2.17. The molecule has 5 nitrogen and oxygen atoms in total. The zero-order valence-electron chi connectivity index (χ0n) is 14.5. The number of hydrogen-bond acceptors (Lipinski definition) is 3. The third-order valence-electron chi connectivity index (χ3n) is 4.36. The van der Waals surface area contributed by atoms with E-state index in [1.165, 1.54) is 6.42 Å². The maximum atomic E-state index is 12.4. The predicted octanol–water partition coefficient (Wildman–Crippen LogP) is 4.13. The molecule has 0 radical (unpaired) electrons. The van der Waals surface area contributed by atoms with Crippen molar-refractivity contribution < 1.29 is 9.59 Å². The lowest BCUT2D eigenvalue weighted by molar-refractivity contribution is -0.114. The first kappa shape index (κ1) is 18.5. The van der Waals surface area contributed by atoms with Crippen molar-refractivity contribution in [2.24, 2.45) is 0 Å². The second-order valence-electron chi connectivity index (χ2n) is 6.34. The van der Waals surface area contributed by atoms with E-state index in [4.69, 9.17) is 0 Å². The molecule has 0 aliphatic carbocycles. The fraction of sp³-hybridized carbons (Fsp3) is 0.300. The first-order chi connectivity index (χ1) is 12.6. The van der Waals surface area contributed by atoms with Gasteiger partial charge in [-0.2, -0.15) is 0 Å². The van der Waals surface area contributed by atoms with E-state index in [-0.39, 0.29) is 18.4 Å². The fourth-order valence-corrected chi connectivity index (χ4v) is 3.20. The molecule has 2 aromatic rings. The number of benzene rings is 2. The van der Waals surface area contributed by atoms with Crippen LogP contribution in [0.25, 0.3) is 0 Å². The van der Waals surface area contributed by atoms with Gasteiger partial charge in [0.25, 0.3) is 5.91 Å². The Bertz CT molecular complexity index is 754. The van der Waals surface area contributed by atoms with Crippen LogP contribution in [-0.4, -0.2) is 36.3 Å². The Morgan fingerprint density at radius 3 is 2.15 bits per heavy atom. The van der Waals surface area contributed by atoms with Gasteiger partial charge in [0.1, 0.15) is 0 Å². The zero-order chi connectivity index (χ0) is 18.4. The minimum Gasteiger partial charge on any atom is -0.376 e. The molecule has 0 saturated carbocycles. The summed E-state index contributed by atoms with van der Waals surface area (Å²) in [6.45, 7) is 1.84. The third-order valence-corrected chi connectivity index (χ3v) is 4.88. The normalized spacial score (nSPS) is 14.0. The molecule has 136 valence electrons. The lowest BCUT2D eigenvalue weighted by atomic mass is 10.1. The molecular formula is C20H22BrN3O2. The van der Waals surface area contributed by atoms with Gasteiger partial charge in [-0.25, -0.2) is 0 Å². The van der Waals surface area contributed by atoms with E-state index >= 15 is 0 Å². The van der Waals surface area contributed by atoms with E-state index in [0.29, 0.717) is 11.3 Å². The van der Waals surface area contributed by atoms with Crippen LogP contribution in [0.3, 0.4) is 0 Å². The molecular weight excluding hydrogens is 394 g/mol. The molecule has 1 saturated heterocycles. The molecule has 2 amide bonds. The number of rotatable bonds is 5. The van der Waals surface area contributed by atoms with Gasteiger partial charge < -0.3 is 15.5 Å². The smallest absolute Gasteiger partial charge is 0.253 e. The monoisotopic (exact) mass is 415 g/mol. The van der Waals surface area contributed by atoms with Gasteiger partial charge in [0.05, 0.1) is 6.54 Å². The summed E-state index contributed by atoms with van der Waals surface area (Å²) in [5, 5.41) is 5.90. The predicted molar refractivity (Wildman–Crippen MR) is 107 cm³/mol. The van der Waals surface area contributed by atoms with Crippen molar-refractivity contribution in [3.8, 4) is 0 Å². The van der Waals surface area contributed by atoms with E-state index in [2.05, 4.69) is 26.6 Å². The van der Waals surface area contributed by atoms with E-state index in [9.17, 15) is 9.59 Å². The summed E-state index contributed by atoms with van der Waals surface area (Å²) in [6, 6.07) is 14.7. The number of carbonyl (C=O) groups excluding carboxylic acids is 2. The van der Waals surface area contributed by atoms with Crippen LogP contribution >= 0.6 is 15.9 Å². The summed E-state index contributed by atoms with van der Waals surface area (Å²) in [6.07, 6.45) is 3.35. The highest BCUT2D eigenvalue weighted by Crippen LogP contribution is 2.16. The molecule has 2 N–H and O–H groups in total. The number of hydrogen-bond donors (Lipinski definition) is 2. The molecule has 26 heavy (non-hydrogen) atoms. The Morgan fingerprint density at radius 1 is 0.885 bits per heavy atom. The van der Waals surface area contributed by atoms with Crippen molar-refractivity contribution in [3.05, 3.63) is 58.6 Å². The van der Waals surface area contributed by atoms with E-state index < -0.39 is 0 Å². The Morgan fingerprint density at radius 2 is 1.50 bits per heavy atom. The van der Waals surface area contributed by atoms with Crippen molar-refractivity contribution in [2.45, 2.75) is 19.3 Å². The maximum Gasteiger partial charge on any atom is 0.253 e. The summed E-state index contributed by atoms with van der Waals surface area (Å²) in [5.41, 5.74) is 2.23. The average molecular weight is 416 g/mol. The number of halogens is 1. The second-order valence-corrected chi connectivity index (χ2v) is 7.25. The molecule has 2 aromatic carbocycles. The molecule has 1 heterocycles. The van der Waals surface area contributed by atoms with E-state index in [1.54, 1.807) is 24.3 Å². The standard InChI is InChI=1S/C20H22BrN3O2/c21-16-6-10-17(11-7-16)22-14-19(25)23-18-8-4-15(5-9-18)20(26)24-12-2-1-3-13-24/h4-11,22H,1-3,12-14H2,(H,23,25). The van der Waals surface area contributed by atoms with Crippen LogP contribution in [0.4, 0.5) is 11.4 Å². The Labute approximate surface area is 161 Å². The van der Waals surface area contributed by atoms with E-state index in [1.807, 2.05) is 29.2 Å². The molecule has 0 unspecified atom stereocenters. The van der Waals surface area contributed by atoms with Crippen LogP contribution in [-0.2, 0) is 4.79 Å². The number of nitrogens with zero attached hydrogens (tertiary/aromatic N) is 1. The third kappa shape index (κ3) is 5.08. The molecule has 0 atom stereocenters. The van der Waals surface area contributed by atoms with Crippen LogP contribution < -0.4 is 10.6 Å². The molecule has 0 spiro atoms. The Kier molecular flexibility index (Phi) is 6.28. The number of likely N-dealkylation sites (tertiary alicyclic amines) is 1. The summed E-state index contributed by atoms with van der Waals surface area (Å²) >= 11 is 3.38. The van der Waals surface area contributed by atoms with Crippen molar-refractivity contribution in [2.75, 3.05) is 30.3 Å². The summed E-state index contributed by atoms with van der Waals surface area (Å²) in [7, 11) is 0. The molecule has 3 rings (SSSR count). The summed E-state index contributed by atoms with van der Waals surface area (Å²) in [5.74, 6) is -0.0671. The lowest BCUT2D eigenvalue weighted by Crippen LogP contribution is -2.35. The number of amides is 2. The minimum atomic E-state index is -0.136. The van der Waals surface area contributed by atoms with Gasteiger partial charge in [0.15, 0.2) is 0 Å². The van der Waals surface area contributed by atoms with Crippen LogP contribution in [0.15, 0.2) is 53.0 Å². The number of anilines is 2. The highest BCUT2D eigenvalue weighted by molar-refractivity contribution is 9.10. The number of piperidine rings is 1. The quantitative estimate of drug-likeness (QED) is 0.771. The Balaban J connectivity index is 1.50. The van der Waals surface area contributed by atoms with Crippen molar-refractivity contribution in [1.29, 1.82) is 0 Å². The maximum absolute atomic E-state index is 12.4. The first-order valence-electron chi connectivity index (χ1n) is 8.80. The Hall–Kier alpha value is -2.34. The zero-order valence-corrected chi connectivity index (χ0v) is 16.1. The topological polar surface area (TPSA) is 61.4 Å². The molecule has 1 fully saturated rings. The molecule has 1 aliphatic heterocycles.